The topological polar surface area (TPSA) is 85.8 Å². The van der Waals surface area contributed by atoms with Crippen LogP contribution in [-0.4, -0.2) is 62.1 Å². The van der Waals surface area contributed by atoms with Gasteiger partial charge in [-0.15, -0.1) is 0 Å². The smallest absolute Gasteiger partial charge is 0.410 e. The van der Waals surface area contributed by atoms with Gasteiger partial charge in [-0.1, -0.05) is 25.3 Å². The van der Waals surface area contributed by atoms with Crippen molar-refractivity contribution in [2.24, 2.45) is 5.92 Å². The van der Waals surface area contributed by atoms with Gasteiger partial charge < -0.3 is 14.4 Å². The van der Waals surface area contributed by atoms with Gasteiger partial charge in [-0.05, 0) is 64.5 Å². The number of likely N-dealkylation sites (tertiary alicyclic amines) is 1. The summed E-state index contributed by atoms with van der Waals surface area (Å²) in [5.41, 5.74) is -0.405. The molecule has 1 aromatic rings. The number of ether oxygens (including phenoxy) is 2. The second kappa shape index (κ2) is 11.8. The number of hydrogen-bond acceptors (Lipinski definition) is 6. The first-order valence-corrected chi connectivity index (χ1v) is 13.1. The van der Waals surface area contributed by atoms with Crippen LogP contribution in [0.25, 0.3) is 0 Å². The van der Waals surface area contributed by atoms with Crippen molar-refractivity contribution >= 4 is 15.9 Å². The van der Waals surface area contributed by atoms with Gasteiger partial charge >= 0.3 is 6.09 Å². The molecule has 0 aromatic carbocycles. The molecule has 0 N–H and O–H groups in total. The highest BCUT2D eigenvalue weighted by atomic mass is 32.2. The van der Waals surface area contributed by atoms with E-state index in [9.17, 15) is 13.2 Å². The zero-order valence-electron chi connectivity index (χ0n) is 19.4. The lowest BCUT2D eigenvalue weighted by Crippen LogP contribution is -2.42. The van der Waals surface area contributed by atoms with Crippen LogP contribution in [0.2, 0.25) is 0 Å². The Hall–Kier alpha value is -1.67. The summed E-state index contributed by atoms with van der Waals surface area (Å²) in [6.45, 7) is 8.20. The van der Waals surface area contributed by atoms with Crippen LogP contribution in [-0.2, 0) is 19.3 Å². The molecule has 1 amide bonds. The summed E-state index contributed by atoms with van der Waals surface area (Å²) in [6, 6.07) is 4.79. The molecule has 0 radical (unpaired) electrons. The Balaban J connectivity index is 0.000000285. The fourth-order valence-corrected chi connectivity index (χ4v) is 4.26. The Labute approximate surface area is 187 Å². The number of hydrogen-bond donors (Lipinski definition) is 0. The van der Waals surface area contributed by atoms with Crippen LogP contribution in [0, 0.1) is 5.92 Å². The average molecular weight is 455 g/mol. The number of aromatic nitrogens is 1. The van der Waals surface area contributed by atoms with Crippen LogP contribution in [0.1, 0.15) is 65.7 Å². The van der Waals surface area contributed by atoms with Gasteiger partial charge in [0.25, 0.3) is 0 Å². The highest BCUT2D eigenvalue weighted by Crippen LogP contribution is 2.24. The van der Waals surface area contributed by atoms with Crippen molar-refractivity contribution < 1.29 is 22.7 Å². The molecule has 2 aliphatic rings. The van der Waals surface area contributed by atoms with E-state index in [0.717, 1.165) is 38.8 Å². The molecule has 0 unspecified atom stereocenters. The highest BCUT2D eigenvalue weighted by molar-refractivity contribution is 7.90. The number of sulfone groups is 1. The largest absolute Gasteiger partial charge is 0.444 e. The Morgan fingerprint density at radius 2 is 1.74 bits per heavy atom. The molecule has 1 saturated heterocycles. The molecular formula is C23H38N2O5S. The summed E-state index contributed by atoms with van der Waals surface area (Å²) < 4.78 is 33.0. The van der Waals surface area contributed by atoms with Crippen molar-refractivity contribution in [2.75, 3.05) is 26.0 Å². The first kappa shape index (κ1) is 25.6. The first-order valence-electron chi connectivity index (χ1n) is 11.3. The van der Waals surface area contributed by atoms with Crippen molar-refractivity contribution in [1.29, 1.82) is 0 Å². The molecule has 0 atom stereocenters. The molecule has 31 heavy (non-hydrogen) atoms. The van der Waals surface area contributed by atoms with E-state index >= 15 is 0 Å². The van der Waals surface area contributed by atoms with E-state index in [1.54, 1.807) is 12.1 Å². The lowest BCUT2D eigenvalue weighted by molar-refractivity contribution is -0.0125. The molecule has 1 aliphatic heterocycles. The summed E-state index contributed by atoms with van der Waals surface area (Å²) in [7, 11) is -3.11. The van der Waals surface area contributed by atoms with Gasteiger partial charge in [0.2, 0.25) is 0 Å². The maximum absolute atomic E-state index is 12.0. The van der Waals surface area contributed by atoms with Gasteiger partial charge in [0, 0.05) is 32.1 Å². The van der Waals surface area contributed by atoms with E-state index in [4.69, 9.17) is 9.47 Å². The first-order chi connectivity index (χ1) is 14.5. The standard InChI is InChI=1S/C17H31NO3.C6H7NO2S/c1-17(2,3)21-16(19)18-11-9-14(10-12-18)13-20-15-7-5-4-6-8-15;1-10(8,9)6-4-2-3-5-7-6/h14-15H,4-13H2,1-3H3;2-5H,1H3. The molecule has 1 saturated carbocycles. The van der Waals surface area contributed by atoms with E-state index in [1.807, 2.05) is 25.7 Å². The fraction of sp³-hybridized carbons (Fsp3) is 0.739. The Bertz CT molecular complexity index is 763. The summed E-state index contributed by atoms with van der Waals surface area (Å²) in [5.74, 6) is 0.602. The molecule has 176 valence electrons. The second-order valence-corrected chi connectivity index (χ2v) is 11.4. The quantitative estimate of drug-likeness (QED) is 0.667. The zero-order chi connectivity index (χ0) is 22.9. The third kappa shape index (κ3) is 9.99. The number of carbonyl (C=O) groups excluding carboxylic acids is 1. The molecule has 8 heteroatoms. The van der Waals surface area contributed by atoms with Gasteiger partial charge in [-0.25, -0.2) is 18.2 Å². The minimum atomic E-state index is -3.11. The molecule has 2 heterocycles. The monoisotopic (exact) mass is 454 g/mol. The van der Waals surface area contributed by atoms with Gasteiger partial charge in [0.05, 0.1) is 6.10 Å². The van der Waals surface area contributed by atoms with Gasteiger partial charge in [0.15, 0.2) is 14.9 Å². The SMILES string of the molecule is CC(C)(C)OC(=O)N1CCC(COC2CCCCC2)CC1.CS(=O)(=O)c1ccccn1. The summed E-state index contributed by atoms with van der Waals surface area (Å²) in [4.78, 5) is 17.5. The molecule has 3 rings (SSSR count). The average Bonchev–Trinajstić information content (AvgIpc) is 2.73. The Kier molecular flexibility index (Phi) is 9.75. The van der Waals surface area contributed by atoms with Crippen molar-refractivity contribution in [1.82, 2.24) is 9.88 Å². The van der Waals surface area contributed by atoms with E-state index in [1.165, 1.54) is 44.4 Å². The van der Waals surface area contributed by atoms with E-state index < -0.39 is 15.4 Å². The molecule has 7 nitrogen and oxygen atoms in total. The molecule has 1 aliphatic carbocycles. The van der Waals surface area contributed by atoms with Crippen LogP contribution in [0.15, 0.2) is 29.4 Å². The normalized spacial score (nSPS) is 18.8. The lowest BCUT2D eigenvalue weighted by Gasteiger charge is -2.34. The Morgan fingerprint density at radius 3 is 2.23 bits per heavy atom. The number of rotatable bonds is 4. The van der Waals surface area contributed by atoms with E-state index in [2.05, 4.69) is 4.98 Å². The fourth-order valence-electron chi connectivity index (χ4n) is 3.68. The molecule has 2 fully saturated rings. The van der Waals surface area contributed by atoms with Crippen LogP contribution >= 0.6 is 0 Å². The van der Waals surface area contributed by atoms with Gasteiger partial charge in [-0.3, -0.25) is 0 Å². The third-order valence-corrected chi connectivity index (χ3v) is 6.40. The molecule has 0 spiro atoms. The third-order valence-electron chi connectivity index (χ3n) is 5.40. The van der Waals surface area contributed by atoms with Crippen LogP contribution in [0.3, 0.4) is 0 Å². The number of carbonyl (C=O) groups is 1. The summed E-state index contributed by atoms with van der Waals surface area (Å²) in [5, 5.41) is 0.120. The molecular weight excluding hydrogens is 416 g/mol. The van der Waals surface area contributed by atoms with Gasteiger partial charge in [0.1, 0.15) is 5.60 Å². The minimum Gasteiger partial charge on any atom is -0.444 e. The van der Waals surface area contributed by atoms with Crippen molar-refractivity contribution in [3.63, 3.8) is 0 Å². The molecule has 1 aromatic heterocycles. The van der Waals surface area contributed by atoms with E-state index in [-0.39, 0.29) is 11.1 Å². The number of nitrogens with zero attached hydrogens (tertiary/aromatic N) is 2. The lowest BCUT2D eigenvalue weighted by atomic mass is 9.96. The Morgan fingerprint density at radius 1 is 1.10 bits per heavy atom. The summed E-state index contributed by atoms with van der Waals surface area (Å²) in [6.07, 6.45) is 11.5. The molecule has 0 bridgehead atoms. The number of amides is 1. The second-order valence-electron chi connectivity index (χ2n) is 9.44. The van der Waals surface area contributed by atoms with Crippen LogP contribution in [0.4, 0.5) is 4.79 Å². The number of piperidine rings is 1. The van der Waals surface area contributed by atoms with Crippen LogP contribution < -0.4 is 0 Å². The van der Waals surface area contributed by atoms with Gasteiger partial charge in [-0.2, -0.15) is 0 Å². The maximum Gasteiger partial charge on any atom is 0.410 e. The maximum atomic E-state index is 12.0. The number of pyridine rings is 1. The predicted octanol–water partition coefficient (Wildman–Crippen LogP) is 4.47. The van der Waals surface area contributed by atoms with Crippen LogP contribution in [0.5, 0.6) is 0 Å². The summed E-state index contributed by atoms with van der Waals surface area (Å²) >= 11 is 0. The van der Waals surface area contributed by atoms with E-state index in [0.29, 0.717) is 12.0 Å². The highest BCUT2D eigenvalue weighted by Gasteiger charge is 2.27. The van der Waals surface area contributed by atoms with Crippen molar-refractivity contribution in [3.05, 3.63) is 24.4 Å². The van der Waals surface area contributed by atoms with Crippen molar-refractivity contribution in [2.45, 2.75) is 82.4 Å². The van der Waals surface area contributed by atoms with Crippen molar-refractivity contribution in [3.8, 4) is 0 Å². The predicted molar refractivity (Wildman–Crippen MR) is 121 cm³/mol. The minimum absolute atomic E-state index is 0.120. The zero-order valence-corrected chi connectivity index (χ0v) is 20.2.